The third-order valence-corrected chi connectivity index (χ3v) is 6.37. The molecule has 3 rings (SSSR count). The number of halogens is 6. The van der Waals surface area contributed by atoms with E-state index < -0.39 is 38.3 Å². The normalized spacial score (nSPS) is 12.1. The van der Waals surface area contributed by atoms with Crippen molar-refractivity contribution in [1.29, 1.82) is 0 Å². The van der Waals surface area contributed by atoms with Crippen LogP contribution in [0, 0.1) is 6.92 Å². The van der Waals surface area contributed by atoms with Gasteiger partial charge < -0.3 is 0 Å². The molecular formula is C17H10Cl3F3N4O3S. The van der Waals surface area contributed by atoms with E-state index in [0.29, 0.717) is 6.07 Å². The average molecular weight is 514 g/mol. The number of amides is 1. The van der Waals surface area contributed by atoms with Gasteiger partial charge in [0.2, 0.25) is 0 Å². The van der Waals surface area contributed by atoms with E-state index in [0.717, 1.165) is 22.9 Å². The number of hydrogen-bond acceptors (Lipinski definition) is 5. The lowest BCUT2D eigenvalue weighted by Crippen LogP contribution is -2.31. The number of benzene rings is 2. The molecule has 0 aliphatic heterocycles. The summed E-state index contributed by atoms with van der Waals surface area (Å²) < 4.78 is 66.3. The summed E-state index contributed by atoms with van der Waals surface area (Å²) in [4.78, 5) is 12.1. The number of nitrogens with zero attached hydrogens (tertiary/aromatic N) is 3. The van der Waals surface area contributed by atoms with Crippen LogP contribution in [0.4, 0.5) is 13.2 Å². The number of carbonyl (C=O) groups is 1. The van der Waals surface area contributed by atoms with E-state index in [1.165, 1.54) is 19.1 Å². The molecule has 0 aliphatic rings. The first kappa shape index (κ1) is 23.3. The van der Waals surface area contributed by atoms with E-state index in [9.17, 15) is 26.4 Å². The van der Waals surface area contributed by atoms with Crippen LogP contribution in [0.5, 0.6) is 0 Å². The molecule has 0 saturated heterocycles. The SMILES string of the molecule is Cc1c(C(=O)NS(=O)(=O)c2cc(Cl)ccc2Cl)nnn1-c1ccc(C(F)(F)F)cc1Cl. The van der Waals surface area contributed by atoms with E-state index in [1.807, 2.05) is 0 Å². The highest BCUT2D eigenvalue weighted by Crippen LogP contribution is 2.33. The summed E-state index contributed by atoms with van der Waals surface area (Å²) in [6.45, 7) is 1.36. The van der Waals surface area contributed by atoms with Crippen molar-refractivity contribution in [3.05, 3.63) is 68.4 Å². The zero-order valence-corrected chi connectivity index (χ0v) is 18.3. The molecule has 3 aromatic rings. The summed E-state index contributed by atoms with van der Waals surface area (Å²) in [6, 6.07) is 6.21. The third-order valence-electron chi connectivity index (χ3n) is 4.02. The summed E-state index contributed by atoms with van der Waals surface area (Å²) in [5, 5.41) is 6.93. The monoisotopic (exact) mass is 512 g/mol. The van der Waals surface area contributed by atoms with Crippen LogP contribution >= 0.6 is 34.8 Å². The first-order valence-corrected chi connectivity index (χ1v) is 10.7. The molecule has 0 radical (unpaired) electrons. The van der Waals surface area contributed by atoms with Crippen molar-refractivity contribution in [2.24, 2.45) is 0 Å². The van der Waals surface area contributed by atoms with Gasteiger partial charge in [0, 0.05) is 5.02 Å². The molecule has 1 N–H and O–H groups in total. The smallest absolute Gasteiger partial charge is 0.266 e. The van der Waals surface area contributed by atoms with Crippen molar-refractivity contribution >= 4 is 50.7 Å². The first-order chi connectivity index (χ1) is 14.3. The maximum Gasteiger partial charge on any atom is 0.416 e. The van der Waals surface area contributed by atoms with Crippen molar-refractivity contribution in [3.8, 4) is 5.69 Å². The number of aromatic nitrogens is 3. The fourth-order valence-corrected chi connectivity index (χ4v) is 4.51. The van der Waals surface area contributed by atoms with Gasteiger partial charge in [0.05, 0.1) is 27.0 Å². The molecule has 1 heterocycles. The van der Waals surface area contributed by atoms with Gasteiger partial charge in [-0.1, -0.05) is 40.0 Å². The highest BCUT2D eigenvalue weighted by molar-refractivity contribution is 7.90. The maximum atomic E-state index is 12.8. The minimum Gasteiger partial charge on any atom is -0.266 e. The zero-order valence-electron chi connectivity index (χ0n) is 15.2. The molecule has 31 heavy (non-hydrogen) atoms. The Morgan fingerprint density at radius 3 is 2.35 bits per heavy atom. The van der Waals surface area contributed by atoms with E-state index in [2.05, 4.69) is 10.3 Å². The molecule has 7 nitrogen and oxygen atoms in total. The molecule has 0 bridgehead atoms. The summed E-state index contributed by atoms with van der Waals surface area (Å²) in [5.41, 5.74) is -1.31. The minimum atomic E-state index is -4.60. The predicted molar refractivity (Wildman–Crippen MR) is 107 cm³/mol. The van der Waals surface area contributed by atoms with Gasteiger partial charge in [-0.25, -0.2) is 17.8 Å². The van der Waals surface area contributed by atoms with Crippen molar-refractivity contribution in [1.82, 2.24) is 19.7 Å². The standard InChI is InChI=1S/C17H10Cl3F3N4O3S/c1-8-15(16(28)25-31(29,30)14-7-10(18)3-4-11(14)19)24-26-27(8)13-5-2-9(6-12(13)20)17(21,22)23/h2-7H,1H3,(H,25,28). The topological polar surface area (TPSA) is 93.9 Å². The van der Waals surface area contributed by atoms with Gasteiger partial charge >= 0.3 is 6.18 Å². The lowest BCUT2D eigenvalue weighted by atomic mass is 10.2. The van der Waals surface area contributed by atoms with Crippen LogP contribution in [0.2, 0.25) is 15.1 Å². The summed E-state index contributed by atoms with van der Waals surface area (Å²) >= 11 is 17.6. The number of carbonyl (C=O) groups excluding carboxylic acids is 1. The Bertz CT molecular complexity index is 1290. The Kier molecular flexibility index (Phi) is 6.25. The Labute approximate surface area is 188 Å². The number of sulfonamides is 1. The van der Waals surface area contributed by atoms with Crippen LogP contribution < -0.4 is 4.72 Å². The molecule has 14 heteroatoms. The molecule has 0 atom stereocenters. The zero-order chi connectivity index (χ0) is 23.1. The second-order valence-electron chi connectivity index (χ2n) is 6.11. The second-order valence-corrected chi connectivity index (χ2v) is 9.01. The first-order valence-electron chi connectivity index (χ1n) is 8.13. The van der Waals surface area contributed by atoms with Gasteiger partial charge in [0.1, 0.15) is 4.90 Å². The molecule has 1 amide bonds. The lowest BCUT2D eigenvalue weighted by molar-refractivity contribution is -0.137. The Morgan fingerprint density at radius 1 is 1.06 bits per heavy atom. The molecule has 1 aromatic heterocycles. The lowest BCUT2D eigenvalue weighted by Gasteiger charge is -2.11. The number of hydrogen-bond donors (Lipinski definition) is 1. The van der Waals surface area contributed by atoms with Crippen LogP contribution in [0.25, 0.3) is 5.69 Å². The van der Waals surface area contributed by atoms with Gasteiger partial charge in [0.25, 0.3) is 15.9 Å². The highest BCUT2D eigenvalue weighted by atomic mass is 35.5. The molecule has 0 aliphatic carbocycles. The molecular weight excluding hydrogens is 504 g/mol. The van der Waals surface area contributed by atoms with Crippen molar-refractivity contribution < 1.29 is 26.4 Å². The maximum absolute atomic E-state index is 12.8. The largest absolute Gasteiger partial charge is 0.416 e. The molecule has 164 valence electrons. The van der Waals surface area contributed by atoms with Gasteiger partial charge in [0.15, 0.2) is 5.69 Å². The minimum absolute atomic E-state index is 0.0134. The van der Waals surface area contributed by atoms with Crippen molar-refractivity contribution in [3.63, 3.8) is 0 Å². The quantitative estimate of drug-likeness (QED) is 0.547. The van der Waals surface area contributed by atoms with E-state index >= 15 is 0 Å². The van der Waals surface area contributed by atoms with Gasteiger partial charge in [-0.3, -0.25) is 4.79 Å². The molecule has 0 fully saturated rings. The molecule has 0 saturated carbocycles. The second kappa shape index (κ2) is 8.30. The summed E-state index contributed by atoms with van der Waals surface area (Å²) in [6.07, 6.45) is -4.60. The Morgan fingerprint density at radius 2 is 1.74 bits per heavy atom. The number of alkyl halides is 3. The molecule has 2 aromatic carbocycles. The predicted octanol–water partition coefficient (Wildman–Crippen LogP) is 4.67. The van der Waals surface area contributed by atoms with Crippen LogP contribution in [0.1, 0.15) is 21.7 Å². The van der Waals surface area contributed by atoms with Gasteiger partial charge in [-0.05, 0) is 43.3 Å². The van der Waals surface area contributed by atoms with Crippen LogP contribution in [-0.2, 0) is 16.2 Å². The van der Waals surface area contributed by atoms with Gasteiger partial charge in [-0.2, -0.15) is 13.2 Å². The fraction of sp³-hybridized carbons (Fsp3) is 0.118. The van der Waals surface area contributed by atoms with Crippen molar-refractivity contribution in [2.75, 3.05) is 0 Å². The Hall–Kier alpha value is -2.34. The number of rotatable bonds is 4. The van der Waals surface area contributed by atoms with Crippen molar-refractivity contribution in [2.45, 2.75) is 18.0 Å². The number of nitrogens with one attached hydrogen (secondary N) is 1. The summed E-state index contributed by atoms with van der Waals surface area (Å²) in [7, 11) is -4.41. The van der Waals surface area contributed by atoms with Crippen LogP contribution in [0.15, 0.2) is 41.3 Å². The highest BCUT2D eigenvalue weighted by Gasteiger charge is 2.31. The van der Waals surface area contributed by atoms with Gasteiger partial charge in [-0.15, -0.1) is 5.10 Å². The van der Waals surface area contributed by atoms with E-state index in [-0.39, 0.29) is 26.4 Å². The average Bonchev–Trinajstić information content (AvgIpc) is 3.04. The summed E-state index contributed by atoms with van der Waals surface area (Å²) in [5.74, 6) is -1.14. The fourth-order valence-electron chi connectivity index (χ4n) is 2.53. The van der Waals surface area contributed by atoms with Crippen LogP contribution in [-0.4, -0.2) is 29.3 Å². The molecule has 0 unspecified atom stereocenters. The third kappa shape index (κ3) is 4.79. The van der Waals surface area contributed by atoms with Crippen LogP contribution in [0.3, 0.4) is 0 Å². The molecule has 0 spiro atoms. The van der Waals surface area contributed by atoms with E-state index in [1.54, 1.807) is 4.72 Å². The van der Waals surface area contributed by atoms with E-state index in [4.69, 9.17) is 34.8 Å². The Balaban J connectivity index is 1.93.